The molecule has 2 unspecified atom stereocenters. The monoisotopic (exact) mass is 226 g/mol. The first-order chi connectivity index (χ1) is 7.79. The fourth-order valence-electron chi connectivity index (χ4n) is 2.96. The summed E-state index contributed by atoms with van der Waals surface area (Å²) in [6, 6.07) is 1.63. The minimum Gasteiger partial charge on any atom is -0.320 e. The van der Waals surface area contributed by atoms with Gasteiger partial charge in [-0.05, 0) is 59.2 Å². The Morgan fingerprint density at radius 3 is 2.81 bits per heavy atom. The van der Waals surface area contributed by atoms with Crippen LogP contribution in [0.25, 0.3) is 0 Å². The fraction of sp³-hybridized carbons (Fsp3) is 1.00. The Morgan fingerprint density at radius 2 is 2.12 bits per heavy atom. The maximum Gasteiger partial charge on any atom is 0.00954 e. The molecular formula is C14H30N2. The molecule has 2 heteroatoms. The van der Waals surface area contributed by atoms with Gasteiger partial charge in [-0.25, -0.2) is 0 Å². The van der Waals surface area contributed by atoms with Gasteiger partial charge in [0.15, 0.2) is 0 Å². The maximum absolute atomic E-state index is 3.25. The van der Waals surface area contributed by atoms with Crippen molar-refractivity contribution in [2.24, 2.45) is 0 Å². The zero-order valence-electron chi connectivity index (χ0n) is 11.5. The van der Waals surface area contributed by atoms with Crippen LogP contribution >= 0.6 is 0 Å². The van der Waals surface area contributed by atoms with E-state index in [1.165, 1.54) is 51.5 Å². The zero-order valence-corrected chi connectivity index (χ0v) is 11.5. The summed E-state index contributed by atoms with van der Waals surface area (Å²) < 4.78 is 0. The van der Waals surface area contributed by atoms with E-state index in [1.54, 1.807) is 0 Å². The highest BCUT2D eigenvalue weighted by molar-refractivity contribution is 4.78. The van der Waals surface area contributed by atoms with Crippen LogP contribution in [-0.4, -0.2) is 37.1 Å². The molecule has 0 aromatic heterocycles. The van der Waals surface area contributed by atoms with E-state index in [2.05, 4.69) is 24.1 Å². The third kappa shape index (κ3) is 4.42. The number of hydrogen-bond donors (Lipinski definition) is 1. The van der Waals surface area contributed by atoms with Crippen LogP contribution in [0.1, 0.15) is 58.8 Å². The largest absolute Gasteiger partial charge is 0.320 e. The van der Waals surface area contributed by atoms with Gasteiger partial charge in [-0.3, -0.25) is 4.90 Å². The Labute approximate surface area is 102 Å². The number of nitrogens with one attached hydrogen (secondary N) is 1. The third-order valence-electron chi connectivity index (χ3n) is 4.01. The van der Waals surface area contributed by atoms with Crippen LogP contribution in [0.2, 0.25) is 0 Å². The van der Waals surface area contributed by atoms with E-state index in [-0.39, 0.29) is 0 Å². The second-order valence-electron chi connectivity index (χ2n) is 5.24. The van der Waals surface area contributed by atoms with Gasteiger partial charge in [0.05, 0.1) is 0 Å². The SMILES string of the molecule is CCC1CCCCCN1C(C)CCCNC. The Morgan fingerprint density at radius 1 is 1.31 bits per heavy atom. The molecule has 0 amide bonds. The molecule has 0 aromatic rings. The molecule has 0 aromatic carbocycles. The molecule has 0 saturated carbocycles. The number of rotatable bonds is 6. The molecule has 1 rings (SSSR count). The first-order valence-corrected chi connectivity index (χ1v) is 7.20. The standard InChI is InChI=1S/C14H30N2/c1-4-14-10-6-5-7-12-16(14)13(2)9-8-11-15-3/h13-15H,4-12H2,1-3H3. The fourth-order valence-corrected chi connectivity index (χ4v) is 2.96. The molecule has 1 aliphatic rings. The van der Waals surface area contributed by atoms with Crippen LogP contribution < -0.4 is 5.32 Å². The van der Waals surface area contributed by atoms with Gasteiger partial charge >= 0.3 is 0 Å². The average Bonchev–Trinajstić information content (AvgIpc) is 2.54. The molecule has 1 aliphatic heterocycles. The molecule has 0 bridgehead atoms. The van der Waals surface area contributed by atoms with Crippen LogP contribution in [0.4, 0.5) is 0 Å². The van der Waals surface area contributed by atoms with Crippen molar-refractivity contribution < 1.29 is 0 Å². The molecular weight excluding hydrogens is 196 g/mol. The van der Waals surface area contributed by atoms with Gasteiger partial charge in [-0.1, -0.05) is 19.8 Å². The maximum atomic E-state index is 3.25. The normalized spacial score (nSPS) is 25.3. The smallest absolute Gasteiger partial charge is 0.00954 e. The van der Waals surface area contributed by atoms with E-state index in [4.69, 9.17) is 0 Å². The molecule has 0 aliphatic carbocycles. The molecule has 0 radical (unpaired) electrons. The first-order valence-electron chi connectivity index (χ1n) is 7.20. The van der Waals surface area contributed by atoms with Crippen molar-refractivity contribution in [3.63, 3.8) is 0 Å². The molecule has 1 heterocycles. The summed E-state index contributed by atoms with van der Waals surface area (Å²) in [4.78, 5) is 2.78. The molecule has 1 saturated heterocycles. The van der Waals surface area contributed by atoms with Gasteiger partial charge < -0.3 is 5.32 Å². The van der Waals surface area contributed by atoms with E-state index in [1.807, 2.05) is 7.05 Å². The summed E-state index contributed by atoms with van der Waals surface area (Å²) in [5, 5.41) is 3.25. The summed E-state index contributed by atoms with van der Waals surface area (Å²) >= 11 is 0. The van der Waals surface area contributed by atoms with Gasteiger partial charge in [0, 0.05) is 12.1 Å². The molecule has 96 valence electrons. The van der Waals surface area contributed by atoms with Crippen molar-refractivity contribution in [2.45, 2.75) is 70.9 Å². The van der Waals surface area contributed by atoms with Crippen molar-refractivity contribution in [2.75, 3.05) is 20.1 Å². The minimum atomic E-state index is 0.774. The quantitative estimate of drug-likeness (QED) is 0.700. The average molecular weight is 226 g/mol. The van der Waals surface area contributed by atoms with Crippen molar-refractivity contribution in [3.05, 3.63) is 0 Å². The van der Waals surface area contributed by atoms with Crippen LogP contribution in [0.15, 0.2) is 0 Å². The highest BCUT2D eigenvalue weighted by atomic mass is 15.2. The van der Waals surface area contributed by atoms with Gasteiger partial charge in [0.2, 0.25) is 0 Å². The molecule has 1 N–H and O–H groups in total. The topological polar surface area (TPSA) is 15.3 Å². The summed E-state index contributed by atoms with van der Waals surface area (Å²) in [5.41, 5.74) is 0. The Bertz CT molecular complexity index is 170. The predicted octanol–water partition coefficient (Wildman–Crippen LogP) is 3.03. The van der Waals surface area contributed by atoms with Gasteiger partial charge in [-0.2, -0.15) is 0 Å². The Hall–Kier alpha value is -0.0800. The van der Waals surface area contributed by atoms with Crippen LogP contribution in [0, 0.1) is 0 Å². The van der Waals surface area contributed by atoms with Crippen molar-refractivity contribution in [3.8, 4) is 0 Å². The van der Waals surface area contributed by atoms with E-state index in [0.717, 1.165) is 18.6 Å². The van der Waals surface area contributed by atoms with E-state index < -0.39 is 0 Å². The zero-order chi connectivity index (χ0) is 11.8. The lowest BCUT2D eigenvalue weighted by Gasteiger charge is -2.35. The van der Waals surface area contributed by atoms with Crippen LogP contribution in [0.3, 0.4) is 0 Å². The number of hydrogen-bond acceptors (Lipinski definition) is 2. The second kappa shape index (κ2) is 8.08. The lowest BCUT2D eigenvalue weighted by molar-refractivity contribution is 0.134. The Balaban J connectivity index is 2.39. The van der Waals surface area contributed by atoms with Gasteiger partial charge in [-0.15, -0.1) is 0 Å². The molecule has 16 heavy (non-hydrogen) atoms. The Kier molecular flexibility index (Phi) is 7.06. The lowest BCUT2D eigenvalue weighted by Crippen LogP contribution is -2.41. The number of nitrogens with zero attached hydrogens (tertiary/aromatic N) is 1. The summed E-state index contributed by atoms with van der Waals surface area (Å²) in [6.45, 7) is 7.27. The van der Waals surface area contributed by atoms with Gasteiger partial charge in [0.25, 0.3) is 0 Å². The summed E-state index contributed by atoms with van der Waals surface area (Å²) in [7, 11) is 2.05. The highest BCUT2D eigenvalue weighted by Crippen LogP contribution is 2.22. The van der Waals surface area contributed by atoms with E-state index in [0.29, 0.717) is 0 Å². The van der Waals surface area contributed by atoms with E-state index in [9.17, 15) is 0 Å². The molecule has 0 spiro atoms. The highest BCUT2D eigenvalue weighted by Gasteiger charge is 2.23. The van der Waals surface area contributed by atoms with Crippen LogP contribution in [-0.2, 0) is 0 Å². The summed E-state index contributed by atoms with van der Waals surface area (Å²) in [5.74, 6) is 0. The molecule has 1 fully saturated rings. The predicted molar refractivity (Wildman–Crippen MR) is 71.9 cm³/mol. The van der Waals surface area contributed by atoms with Crippen LogP contribution in [0.5, 0.6) is 0 Å². The van der Waals surface area contributed by atoms with Crippen molar-refractivity contribution in [1.82, 2.24) is 10.2 Å². The second-order valence-corrected chi connectivity index (χ2v) is 5.24. The first kappa shape index (κ1) is 14.0. The van der Waals surface area contributed by atoms with Crippen molar-refractivity contribution >= 4 is 0 Å². The molecule has 2 atom stereocenters. The van der Waals surface area contributed by atoms with E-state index >= 15 is 0 Å². The summed E-state index contributed by atoms with van der Waals surface area (Å²) in [6.07, 6.45) is 9.70. The lowest BCUT2D eigenvalue weighted by atomic mass is 10.0. The van der Waals surface area contributed by atoms with Crippen molar-refractivity contribution in [1.29, 1.82) is 0 Å². The molecule has 2 nitrogen and oxygen atoms in total. The third-order valence-corrected chi connectivity index (χ3v) is 4.01. The van der Waals surface area contributed by atoms with Gasteiger partial charge in [0.1, 0.15) is 0 Å². The number of likely N-dealkylation sites (tertiary alicyclic amines) is 1. The minimum absolute atomic E-state index is 0.774.